The Balaban J connectivity index is 2.29. The lowest BCUT2D eigenvalue weighted by atomic mass is 10.3. The van der Waals surface area contributed by atoms with Gasteiger partial charge in [0, 0.05) is 12.6 Å². The molecule has 0 bridgehead atoms. The predicted octanol–water partition coefficient (Wildman–Crippen LogP) is 0.924. The van der Waals surface area contributed by atoms with Gasteiger partial charge in [-0.3, -0.25) is 0 Å². The second-order valence-electron chi connectivity index (χ2n) is 3.82. The van der Waals surface area contributed by atoms with Gasteiger partial charge >= 0.3 is 0 Å². The lowest BCUT2D eigenvalue weighted by molar-refractivity contribution is 0.430. The monoisotopic (exact) mass is 283 g/mol. The average molecular weight is 283 g/mol. The minimum absolute atomic E-state index is 0.0556. The van der Waals surface area contributed by atoms with E-state index in [1.54, 1.807) is 20.9 Å². The molecule has 0 amide bonds. The summed E-state index contributed by atoms with van der Waals surface area (Å²) in [4.78, 5) is 7.63. The first-order valence-corrected chi connectivity index (χ1v) is 6.88. The molecule has 2 heterocycles. The van der Waals surface area contributed by atoms with Gasteiger partial charge in [0.05, 0.1) is 18.1 Å². The Kier molecular flexibility index (Phi) is 3.38. The summed E-state index contributed by atoms with van der Waals surface area (Å²) >= 11 is 0. The lowest BCUT2D eigenvalue weighted by Gasteiger charge is -2.05. The molecule has 0 atom stereocenters. The van der Waals surface area contributed by atoms with Crippen LogP contribution in [0.5, 0.6) is 0 Å². The minimum Gasteiger partial charge on any atom is -0.357 e. The van der Waals surface area contributed by atoms with Gasteiger partial charge in [0.2, 0.25) is 11.8 Å². The van der Waals surface area contributed by atoms with Crippen LogP contribution in [0, 0.1) is 13.8 Å². The lowest BCUT2D eigenvalue weighted by Crippen LogP contribution is -2.14. The topological polar surface area (TPSA) is 110 Å². The number of sulfonamides is 1. The Morgan fingerprint density at radius 1 is 1.21 bits per heavy atom. The fourth-order valence-electron chi connectivity index (χ4n) is 1.28. The van der Waals surface area contributed by atoms with Crippen molar-refractivity contribution in [2.24, 2.45) is 0 Å². The Morgan fingerprint density at radius 3 is 2.32 bits per heavy atom. The summed E-state index contributed by atoms with van der Waals surface area (Å²) in [7, 11) is -2.14. The molecule has 0 aliphatic heterocycles. The molecule has 0 fully saturated rings. The molecule has 19 heavy (non-hydrogen) atoms. The van der Waals surface area contributed by atoms with Crippen LogP contribution in [-0.2, 0) is 10.0 Å². The molecule has 2 aromatic rings. The van der Waals surface area contributed by atoms with Crippen molar-refractivity contribution in [3.8, 4) is 0 Å². The zero-order chi connectivity index (χ0) is 14.0. The molecule has 2 rings (SSSR count). The number of nitrogens with zero attached hydrogens (tertiary/aromatic N) is 3. The first kappa shape index (κ1) is 13.3. The summed E-state index contributed by atoms with van der Waals surface area (Å²) in [6.07, 6.45) is 2.42. The molecular formula is C10H13N5O3S. The SMILES string of the molecule is CNc1ncc(S(=O)(=O)Nc2onc(C)c2C)cn1. The maximum absolute atomic E-state index is 12.1. The molecule has 0 aliphatic carbocycles. The van der Waals surface area contributed by atoms with Crippen molar-refractivity contribution in [3.63, 3.8) is 0 Å². The minimum atomic E-state index is -3.78. The van der Waals surface area contributed by atoms with E-state index in [9.17, 15) is 8.42 Å². The van der Waals surface area contributed by atoms with Gasteiger partial charge in [-0.1, -0.05) is 5.16 Å². The van der Waals surface area contributed by atoms with Crippen LogP contribution in [0.3, 0.4) is 0 Å². The highest BCUT2D eigenvalue weighted by atomic mass is 32.2. The van der Waals surface area contributed by atoms with Gasteiger partial charge in [0.1, 0.15) is 4.90 Å². The van der Waals surface area contributed by atoms with E-state index in [1.165, 1.54) is 12.4 Å². The van der Waals surface area contributed by atoms with E-state index in [-0.39, 0.29) is 10.8 Å². The summed E-state index contributed by atoms with van der Waals surface area (Å²) in [6.45, 7) is 3.44. The quantitative estimate of drug-likeness (QED) is 0.858. The number of aromatic nitrogens is 3. The summed E-state index contributed by atoms with van der Waals surface area (Å²) in [5.74, 6) is 0.431. The Morgan fingerprint density at radius 2 is 1.84 bits per heavy atom. The summed E-state index contributed by atoms with van der Waals surface area (Å²) < 4.78 is 31.3. The van der Waals surface area contributed by atoms with Crippen LogP contribution < -0.4 is 10.0 Å². The Labute approximate surface area is 110 Å². The van der Waals surface area contributed by atoms with E-state index in [1.807, 2.05) is 0 Å². The molecule has 8 nitrogen and oxygen atoms in total. The molecule has 0 saturated heterocycles. The smallest absolute Gasteiger partial charge is 0.267 e. The fraction of sp³-hybridized carbons (Fsp3) is 0.300. The molecule has 102 valence electrons. The highest BCUT2D eigenvalue weighted by molar-refractivity contribution is 7.92. The van der Waals surface area contributed by atoms with Crippen molar-refractivity contribution < 1.29 is 12.9 Å². The molecule has 0 spiro atoms. The van der Waals surface area contributed by atoms with Crippen LogP contribution in [0.25, 0.3) is 0 Å². The summed E-state index contributed by atoms with van der Waals surface area (Å²) in [5, 5.41) is 6.38. The van der Waals surface area contributed by atoms with E-state index >= 15 is 0 Å². The Bertz CT molecular complexity index is 678. The predicted molar refractivity (Wildman–Crippen MR) is 68.4 cm³/mol. The zero-order valence-electron chi connectivity index (χ0n) is 10.6. The Hall–Kier alpha value is -2.16. The molecule has 2 N–H and O–H groups in total. The van der Waals surface area contributed by atoms with Gasteiger partial charge in [-0.2, -0.15) is 0 Å². The van der Waals surface area contributed by atoms with E-state index < -0.39 is 10.0 Å². The number of rotatable bonds is 4. The summed E-state index contributed by atoms with van der Waals surface area (Å²) in [5.41, 5.74) is 1.26. The molecule has 0 aromatic carbocycles. The van der Waals surface area contributed by atoms with Crippen LogP contribution in [0.4, 0.5) is 11.8 Å². The number of hydrogen-bond acceptors (Lipinski definition) is 7. The number of aryl methyl sites for hydroxylation is 1. The molecule has 0 saturated carbocycles. The van der Waals surface area contributed by atoms with Gasteiger partial charge < -0.3 is 9.84 Å². The normalized spacial score (nSPS) is 11.3. The number of anilines is 2. The third-order valence-electron chi connectivity index (χ3n) is 2.55. The van der Waals surface area contributed by atoms with E-state index in [4.69, 9.17) is 4.52 Å². The van der Waals surface area contributed by atoms with Gasteiger partial charge in [-0.15, -0.1) is 0 Å². The van der Waals surface area contributed by atoms with Crippen molar-refractivity contribution in [2.75, 3.05) is 17.1 Å². The van der Waals surface area contributed by atoms with Crippen LogP contribution in [0.15, 0.2) is 21.8 Å². The van der Waals surface area contributed by atoms with Gasteiger partial charge in [0.25, 0.3) is 10.0 Å². The van der Waals surface area contributed by atoms with Gasteiger partial charge in [-0.25, -0.2) is 23.1 Å². The molecule has 0 unspecified atom stereocenters. The first-order chi connectivity index (χ1) is 8.94. The zero-order valence-corrected chi connectivity index (χ0v) is 11.4. The second kappa shape index (κ2) is 4.84. The number of nitrogens with one attached hydrogen (secondary N) is 2. The third kappa shape index (κ3) is 2.65. The van der Waals surface area contributed by atoms with Crippen molar-refractivity contribution in [1.82, 2.24) is 15.1 Å². The molecule has 9 heteroatoms. The average Bonchev–Trinajstić information content (AvgIpc) is 2.70. The van der Waals surface area contributed by atoms with Crippen molar-refractivity contribution >= 4 is 21.9 Å². The number of hydrogen-bond donors (Lipinski definition) is 2. The molecule has 2 aromatic heterocycles. The molecule has 0 aliphatic rings. The third-order valence-corrected chi connectivity index (χ3v) is 3.83. The highest BCUT2D eigenvalue weighted by Gasteiger charge is 2.19. The van der Waals surface area contributed by atoms with E-state index in [2.05, 4.69) is 25.2 Å². The van der Waals surface area contributed by atoms with Crippen molar-refractivity contribution in [2.45, 2.75) is 18.7 Å². The van der Waals surface area contributed by atoms with Crippen LogP contribution in [0.2, 0.25) is 0 Å². The second-order valence-corrected chi connectivity index (χ2v) is 5.50. The van der Waals surface area contributed by atoms with Crippen LogP contribution >= 0.6 is 0 Å². The largest absolute Gasteiger partial charge is 0.357 e. The van der Waals surface area contributed by atoms with Crippen LogP contribution in [-0.4, -0.2) is 30.6 Å². The maximum Gasteiger partial charge on any atom is 0.267 e. The van der Waals surface area contributed by atoms with E-state index in [0.717, 1.165) is 0 Å². The molecular weight excluding hydrogens is 270 g/mol. The van der Waals surface area contributed by atoms with Gasteiger partial charge in [-0.05, 0) is 13.8 Å². The van der Waals surface area contributed by atoms with Crippen molar-refractivity contribution in [1.29, 1.82) is 0 Å². The fourth-order valence-corrected chi connectivity index (χ4v) is 2.21. The first-order valence-electron chi connectivity index (χ1n) is 5.39. The van der Waals surface area contributed by atoms with Crippen LogP contribution in [0.1, 0.15) is 11.3 Å². The maximum atomic E-state index is 12.1. The van der Waals surface area contributed by atoms with Crippen molar-refractivity contribution in [3.05, 3.63) is 23.7 Å². The standard InChI is InChI=1S/C10H13N5O3S/c1-6-7(2)14-18-9(6)15-19(16,17)8-4-12-10(11-3)13-5-8/h4-5,15H,1-3H3,(H,11,12,13). The highest BCUT2D eigenvalue weighted by Crippen LogP contribution is 2.21. The van der Waals surface area contributed by atoms with E-state index in [0.29, 0.717) is 17.2 Å². The molecule has 0 radical (unpaired) electrons. The van der Waals surface area contributed by atoms with Gasteiger partial charge in [0.15, 0.2) is 0 Å². The summed E-state index contributed by atoms with van der Waals surface area (Å²) in [6, 6.07) is 0.